The summed E-state index contributed by atoms with van der Waals surface area (Å²) in [6.07, 6.45) is 6.40. The summed E-state index contributed by atoms with van der Waals surface area (Å²) in [4.78, 5) is 0. The van der Waals surface area contributed by atoms with E-state index >= 15 is 0 Å². The third kappa shape index (κ3) is 5.54. The third-order valence-corrected chi connectivity index (χ3v) is 14.2. The largest absolute Gasteiger partial charge is 0.394 e. The fourth-order valence-corrected chi connectivity index (χ4v) is 11.4. The summed E-state index contributed by atoms with van der Waals surface area (Å²) in [6, 6.07) is 0. The van der Waals surface area contributed by atoms with Gasteiger partial charge in [-0.3, -0.25) is 0 Å². The van der Waals surface area contributed by atoms with Crippen LogP contribution in [-0.2, 0) is 9.47 Å². The number of hydrogen-bond donors (Lipinski definition) is 5. The van der Waals surface area contributed by atoms with Crippen LogP contribution in [0.1, 0.15) is 119 Å². The van der Waals surface area contributed by atoms with E-state index in [0.29, 0.717) is 23.7 Å². The fraction of sp³-hybridized carbons (Fsp3) is 1.00. The highest BCUT2D eigenvalue weighted by Gasteiger charge is 2.65. The quantitative estimate of drug-likeness (QED) is 0.237. The van der Waals surface area contributed by atoms with Crippen molar-refractivity contribution in [3.05, 3.63) is 0 Å². The van der Waals surface area contributed by atoms with Crippen LogP contribution in [0.25, 0.3) is 0 Å². The Bertz CT molecular complexity index is 912. The highest BCUT2D eigenvalue weighted by Crippen LogP contribution is 2.69. The molecule has 7 nitrogen and oxygen atoms in total. The van der Waals surface area contributed by atoms with Crippen molar-refractivity contribution >= 4 is 0 Å². The molecule has 0 bridgehead atoms. The molecule has 42 heavy (non-hydrogen) atoms. The van der Waals surface area contributed by atoms with Gasteiger partial charge in [0.05, 0.1) is 18.3 Å². The minimum atomic E-state index is -1.45. The summed E-state index contributed by atoms with van der Waals surface area (Å²) in [5, 5.41) is 52.7. The summed E-state index contributed by atoms with van der Waals surface area (Å²) in [6.45, 7) is 14.1. The second kappa shape index (κ2) is 12.5. The minimum absolute atomic E-state index is 0.165. The predicted molar refractivity (Wildman–Crippen MR) is 162 cm³/mol. The summed E-state index contributed by atoms with van der Waals surface area (Å²) in [5.74, 6) is 5.13. The average Bonchev–Trinajstić information content (AvgIpc) is 3.31. The molecule has 0 amide bonds. The van der Waals surface area contributed by atoms with Crippen LogP contribution in [0.4, 0.5) is 0 Å². The topological polar surface area (TPSA) is 120 Å². The SMILES string of the molecule is CCC(CCC(C)C1CCC2C3CCC4(O)CC(OC5OC(CO)C(O)C(O)C5O)CCC4(C)C3CCC12C)C(C)C. The lowest BCUT2D eigenvalue weighted by Crippen LogP contribution is -2.64. The molecule has 1 heterocycles. The maximum absolute atomic E-state index is 12.3. The first-order valence-corrected chi connectivity index (χ1v) is 17.5. The highest BCUT2D eigenvalue weighted by atomic mass is 16.7. The van der Waals surface area contributed by atoms with E-state index in [-0.39, 0.29) is 11.5 Å². The second-order valence-corrected chi connectivity index (χ2v) is 16.3. The van der Waals surface area contributed by atoms with Gasteiger partial charge in [-0.25, -0.2) is 0 Å². The Morgan fingerprint density at radius 2 is 1.60 bits per heavy atom. The van der Waals surface area contributed by atoms with Crippen molar-refractivity contribution in [3.63, 3.8) is 0 Å². The molecule has 0 radical (unpaired) electrons. The lowest BCUT2D eigenvalue weighted by molar-refractivity contribution is -0.322. The van der Waals surface area contributed by atoms with Crippen molar-refractivity contribution < 1.29 is 35.0 Å². The molecule has 15 unspecified atom stereocenters. The van der Waals surface area contributed by atoms with Crippen LogP contribution in [0, 0.1) is 52.3 Å². The Hall–Kier alpha value is -0.280. The van der Waals surface area contributed by atoms with Gasteiger partial charge in [0, 0.05) is 6.42 Å². The Morgan fingerprint density at radius 1 is 0.857 bits per heavy atom. The zero-order valence-corrected chi connectivity index (χ0v) is 27.3. The number of aliphatic hydroxyl groups is 5. The standard InChI is InChI=1S/C35H62O7/c1-7-22(20(2)3)9-8-21(4)25-10-11-26-24-13-17-35(40)18-23(12-16-34(35,6)27(24)14-15-33(25,26)5)41-32-31(39)30(38)29(37)28(19-36)42-32/h20-32,36-40H,7-19H2,1-6H3. The normalized spacial score (nSPS) is 50.6. The Kier molecular flexibility index (Phi) is 9.84. The van der Waals surface area contributed by atoms with Gasteiger partial charge in [0.15, 0.2) is 6.29 Å². The van der Waals surface area contributed by atoms with Crippen LogP contribution in [0.5, 0.6) is 0 Å². The van der Waals surface area contributed by atoms with Crippen molar-refractivity contribution in [1.82, 2.24) is 0 Å². The molecule has 244 valence electrons. The molecule has 7 heteroatoms. The highest BCUT2D eigenvalue weighted by molar-refractivity contribution is 5.14. The first-order chi connectivity index (χ1) is 19.8. The zero-order valence-electron chi connectivity index (χ0n) is 27.3. The molecule has 0 aromatic rings. The number of fused-ring (bicyclic) bond motifs is 5. The Labute approximate surface area is 254 Å². The van der Waals surface area contributed by atoms with E-state index < -0.39 is 42.9 Å². The van der Waals surface area contributed by atoms with Crippen LogP contribution < -0.4 is 0 Å². The van der Waals surface area contributed by atoms with Crippen LogP contribution in [-0.4, -0.2) is 74.6 Å². The van der Waals surface area contributed by atoms with Gasteiger partial charge in [-0.2, -0.15) is 0 Å². The molecule has 4 saturated carbocycles. The van der Waals surface area contributed by atoms with E-state index in [1.54, 1.807) is 0 Å². The van der Waals surface area contributed by atoms with Crippen LogP contribution >= 0.6 is 0 Å². The molecule has 1 aliphatic heterocycles. The lowest BCUT2D eigenvalue weighted by atomic mass is 9.43. The molecule has 4 aliphatic carbocycles. The fourth-order valence-electron chi connectivity index (χ4n) is 11.4. The van der Waals surface area contributed by atoms with Crippen molar-refractivity contribution in [3.8, 4) is 0 Å². The number of rotatable bonds is 9. The van der Waals surface area contributed by atoms with Gasteiger partial charge in [0.1, 0.15) is 24.4 Å². The molecule has 5 N–H and O–H groups in total. The molecule has 15 atom stereocenters. The molecule has 0 spiro atoms. The second-order valence-electron chi connectivity index (χ2n) is 16.3. The number of aliphatic hydroxyl groups excluding tert-OH is 4. The lowest BCUT2D eigenvalue weighted by Gasteiger charge is -2.64. The van der Waals surface area contributed by atoms with Gasteiger partial charge in [-0.05, 0) is 110 Å². The van der Waals surface area contributed by atoms with Crippen molar-refractivity contribution in [2.45, 2.75) is 161 Å². The molecule has 0 aromatic heterocycles. The van der Waals surface area contributed by atoms with Crippen molar-refractivity contribution in [2.24, 2.45) is 52.3 Å². The molecule has 0 aromatic carbocycles. The zero-order chi connectivity index (χ0) is 30.6. The molecular weight excluding hydrogens is 532 g/mol. The molecule has 1 saturated heterocycles. The van der Waals surface area contributed by atoms with E-state index in [2.05, 4.69) is 41.5 Å². The Morgan fingerprint density at radius 3 is 2.26 bits per heavy atom. The Balaban J connectivity index is 1.24. The number of hydrogen-bond acceptors (Lipinski definition) is 7. The van der Waals surface area contributed by atoms with Crippen LogP contribution in [0.3, 0.4) is 0 Å². The smallest absolute Gasteiger partial charge is 0.186 e. The van der Waals surface area contributed by atoms with E-state index in [4.69, 9.17) is 9.47 Å². The number of ether oxygens (including phenoxy) is 2. The van der Waals surface area contributed by atoms with Gasteiger partial charge >= 0.3 is 0 Å². The molecular formula is C35H62O7. The maximum atomic E-state index is 12.3. The average molecular weight is 595 g/mol. The summed E-state index contributed by atoms with van der Waals surface area (Å²) in [7, 11) is 0. The minimum Gasteiger partial charge on any atom is -0.394 e. The van der Waals surface area contributed by atoms with Gasteiger partial charge in [0.2, 0.25) is 0 Å². The van der Waals surface area contributed by atoms with E-state index in [9.17, 15) is 25.5 Å². The summed E-state index contributed by atoms with van der Waals surface area (Å²) in [5.41, 5.74) is -0.590. The van der Waals surface area contributed by atoms with Gasteiger partial charge in [-0.15, -0.1) is 0 Å². The molecule has 5 fully saturated rings. The monoisotopic (exact) mass is 594 g/mol. The molecule has 5 rings (SSSR count). The maximum Gasteiger partial charge on any atom is 0.186 e. The van der Waals surface area contributed by atoms with E-state index in [1.807, 2.05) is 0 Å². The first kappa shape index (κ1) is 33.1. The summed E-state index contributed by atoms with van der Waals surface area (Å²) < 4.78 is 11.8. The van der Waals surface area contributed by atoms with E-state index in [0.717, 1.165) is 55.3 Å². The van der Waals surface area contributed by atoms with Crippen LogP contribution in [0.15, 0.2) is 0 Å². The van der Waals surface area contributed by atoms with Gasteiger partial charge in [0.25, 0.3) is 0 Å². The van der Waals surface area contributed by atoms with Crippen molar-refractivity contribution in [2.75, 3.05) is 6.61 Å². The predicted octanol–water partition coefficient (Wildman–Crippen LogP) is 5.04. The third-order valence-electron chi connectivity index (χ3n) is 14.2. The first-order valence-electron chi connectivity index (χ1n) is 17.5. The summed E-state index contributed by atoms with van der Waals surface area (Å²) >= 11 is 0. The van der Waals surface area contributed by atoms with Gasteiger partial charge in [-0.1, -0.05) is 54.4 Å². The van der Waals surface area contributed by atoms with Crippen molar-refractivity contribution in [1.29, 1.82) is 0 Å². The molecule has 5 aliphatic rings. The van der Waals surface area contributed by atoms with E-state index in [1.165, 1.54) is 44.9 Å². The van der Waals surface area contributed by atoms with Gasteiger partial charge < -0.3 is 35.0 Å². The van der Waals surface area contributed by atoms with Crippen LogP contribution in [0.2, 0.25) is 0 Å².